The summed E-state index contributed by atoms with van der Waals surface area (Å²) in [5, 5.41) is 2.63. The maximum absolute atomic E-state index is 15.7. The van der Waals surface area contributed by atoms with E-state index in [1.165, 1.54) is 25.4 Å². The van der Waals surface area contributed by atoms with Crippen LogP contribution in [0.25, 0.3) is 11.3 Å². The Hall–Kier alpha value is -4.53. The predicted molar refractivity (Wildman–Crippen MR) is 191 cm³/mol. The molecule has 0 radical (unpaired) electrons. The van der Waals surface area contributed by atoms with Crippen LogP contribution >= 0.6 is 0 Å². The number of benzene rings is 1. The third-order valence-electron chi connectivity index (χ3n) is 10.9. The molecule has 13 nitrogen and oxygen atoms in total. The minimum atomic E-state index is -0.769. The molecule has 3 aliphatic heterocycles. The second-order valence-corrected chi connectivity index (χ2v) is 15.0. The van der Waals surface area contributed by atoms with Crippen LogP contribution in [0.3, 0.4) is 0 Å². The SMILES string of the molecule is COC(=O)N[C@H](C(=O)N1CCC[C@H]1c1ncc(-c2cc(F)c(N3CCC(c4cnc([C@@H]5CCCN5C(=O)[C@@H](N)C(C)C)[nH]4)CC3)c(F)c2)[nH]1)C(C)C. The van der Waals surface area contributed by atoms with Gasteiger partial charge in [0, 0.05) is 49.6 Å². The van der Waals surface area contributed by atoms with Gasteiger partial charge in [-0.3, -0.25) is 9.59 Å². The number of anilines is 1. The van der Waals surface area contributed by atoms with Crippen LogP contribution in [0, 0.1) is 23.5 Å². The summed E-state index contributed by atoms with van der Waals surface area (Å²) in [6, 6.07) is 0.810. The van der Waals surface area contributed by atoms with Crippen molar-refractivity contribution in [3.8, 4) is 11.3 Å². The largest absolute Gasteiger partial charge is 0.453 e. The molecule has 282 valence electrons. The van der Waals surface area contributed by atoms with Crippen LogP contribution in [0.1, 0.15) is 102 Å². The summed E-state index contributed by atoms with van der Waals surface area (Å²) >= 11 is 0. The molecule has 6 rings (SSSR count). The van der Waals surface area contributed by atoms with Gasteiger partial charge in [0.15, 0.2) is 0 Å². The van der Waals surface area contributed by atoms with E-state index in [1.54, 1.807) is 9.80 Å². The molecule has 0 saturated carbocycles. The number of hydrogen-bond acceptors (Lipinski definition) is 8. The Morgan fingerprint density at radius 3 is 2.00 bits per heavy atom. The zero-order valence-corrected chi connectivity index (χ0v) is 30.6. The van der Waals surface area contributed by atoms with Crippen molar-refractivity contribution in [2.45, 2.75) is 96.3 Å². The summed E-state index contributed by atoms with van der Waals surface area (Å²) < 4.78 is 36.1. The second-order valence-electron chi connectivity index (χ2n) is 15.0. The number of carbonyl (C=O) groups excluding carboxylic acids is 3. The van der Waals surface area contributed by atoms with Crippen LogP contribution in [0.5, 0.6) is 0 Å². The summed E-state index contributed by atoms with van der Waals surface area (Å²) in [6.45, 7) is 9.67. The highest BCUT2D eigenvalue weighted by atomic mass is 19.1. The molecule has 52 heavy (non-hydrogen) atoms. The van der Waals surface area contributed by atoms with Crippen molar-refractivity contribution in [3.05, 3.63) is 53.5 Å². The first kappa shape index (κ1) is 37.2. The first-order chi connectivity index (χ1) is 24.9. The molecule has 5 N–H and O–H groups in total. The Kier molecular flexibility index (Phi) is 11.2. The number of rotatable bonds is 10. The number of nitrogens with two attached hydrogens (primary N) is 1. The van der Waals surface area contributed by atoms with Gasteiger partial charge < -0.3 is 40.5 Å². The van der Waals surface area contributed by atoms with Crippen LogP contribution in [0.4, 0.5) is 19.3 Å². The minimum Gasteiger partial charge on any atom is -0.453 e. The summed E-state index contributed by atoms with van der Waals surface area (Å²) in [5.74, 6) is -0.319. The predicted octanol–water partition coefficient (Wildman–Crippen LogP) is 5.15. The summed E-state index contributed by atoms with van der Waals surface area (Å²) in [5.41, 5.74) is 7.85. The highest BCUT2D eigenvalue weighted by Crippen LogP contribution is 2.38. The maximum atomic E-state index is 15.7. The van der Waals surface area contributed by atoms with Gasteiger partial charge in [0.05, 0.1) is 37.1 Å². The van der Waals surface area contributed by atoms with Crippen molar-refractivity contribution < 1.29 is 27.9 Å². The van der Waals surface area contributed by atoms with Crippen molar-refractivity contribution in [2.75, 3.05) is 38.2 Å². The highest BCUT2D eigenvalue weighted by molar-refractivity contribution is 5.86. The topological polar surface area (TPSA) is 166 Å². The average Bonchev–Trinajstić information content (AvgIpc) is 3.95. The molecular formula is C37H51F2N9O4. The number of nitrogens with zero attached hydrogens (tertiary/aromatic N) is 5. The molecule has 15 heteroatoms. The number of methoxy groups -OCH3 is 1. The van der Waals surface area contributed by atoms with Crippen LogP contribution in [-0.4, -0.2) is 93.0 Å². The fourth-order valence-corrected chi connectivity index (χ4v) is 7.80. The fraction of sp³-hybridized carbons (Fsp3) is 0.595. The van der Waals surface area contributed by atoms with E-state index in [2.05, 4.69) is 25.3 Å². The molecule has 3 aliphatic rings. The van der Waals surface area contributed by atoms with Gasteiger partial charge in [0.2, 0.25) is 11.8 Å². The lowest BCUT2D eigenvalue weighted by atomic mass is 9.93. The quantitative estimate of drug-likeness (QED) is 0.223. The van der Waals surface area contributed by atoms with Gasteiger partial charge in [0.1, 0.15) is 35.0 Å². The van der Waals surface area contributed by atoms with Crippen LogP contribution in [0.2, 0.25) is 0 Å². The number of piperidine rings is 1. The molecule has 0 bridgehead atoms. The number of imidazole rings is 2. The molecule has 3 aromatic rings. The monoisotopic (exact) mass is 723 g/mol. The third kappa shape index (κ3) is 7.50. The van der Waals surface area contributed by atoms with E-state index in [4.69, 9.17) is 10.5 Å². The van der Waals surface area contributed by atoms with E-state index in [-0.39, 0.29) is 47.3 Å². The highest BCUT2D eigenvalue weighted by Gasteiger charge is 2.38. The number of H-pyrrole nitrogens is 2. The van der Waals surface area contributed by atoms with Crippen LogP contribution < -0.4 is 16.0 Å². The molecule has 4 atom stereocenters. The molecule has 2 aromatic heterocycles. The van der Waals surface area contributed by atoms with E-state index in [1.807, 2.05) is 38.8 Å². The third-order valence-corrected chi connectivity index (χ3v) is 10.9. The number of carbonyl (C=O) groups is 3. The number of hydrogen-bond donors (Lipinski definition) is 4. The van der Waals surface area contributed by atoms with Crippen molar-refractivity contribution in [3.63, 3.8) is 0 Å². The first-order valence-electron chi connectivity index (χ1n) is 18.4. The van der Waals surface area contributed by atoms with Crippen molar-refractivity contribution in [1.82, 2.24) is 35.1 Å². The number of aromatic nitrogens is 4. The number of nitrogens with one attached hydrogen (secondary N) is 3. The number of aromatic amines is 2. The van der Waals surface area contributed by atoms with Gasteiger partial charge in [-0.05, 0) is 62.5 Å². The van der Waals surface area contributed by atoms with Gasteiger partial charge in [-0.25, -0.2) is 23.5 Å². The number of ether oxygens (including phenoxy) is 1. The molecule has 5 heterocycles. The smallest absolute Gasteiger partial charge is 0.407 e. The second kappa shape index (κ2) is 15.6. The Bertz CT molecular complexity index is 1730. The van der Waals surface area contributed by atoms with E-state index in [0.29, 0.717) is 62.5 Å². The van der Waals surface area contributed by atoms with Gasteiger partial charge in [-0.15, -0.1) is 0 Å². The molecule has 0 unspecified atom stereocenters. The molecule has 1 aromatic carbocycles. The summed E-state index contributed by atoms with van der Waals surface area (Å²) in [7, 11) is 1.25. The normalized spacial score (nSPS) is 20.9. The number of amides is 3. The Morgan fingerprint density at radius 2 is 1.42 bits per heavy atom. The van der Waals surface area contributed by atoms with Crippen LogP contribution in [-0.2, 0) is 14.3 Å². The standard InChI is InChI=1S/C37H51F2N9O4/c1-20(2)30(40)35(49)47-12-6-8-28(47)33-41-18-26(43-33)22-10-14-46(15-11-22)32-24(38)16-23(17-25(32)39)27-19-42-34(44-27)29-9-7-13-48(29)36(50)31(21(3)4)45-37(51)52-5/h16-22,28-31H,6-15,40H2,1-5H3,(H,41,43)(H,42,44)(H,45,51)/t28-,29-,30-,31-/m0/s1. The van der Waals surface area contributed by atoms with Crippen molar-refractivity contribution in [2.24, 2.45) is 17.6 Å². The lowest BCUT2D eigenvalue weighted by molar-refractivity contribution is -0.136. The Morgan fingerprint density at radius 1 is 0.846 bits per heavy atom. The molecular weight excluding hydrogens is 672 g/mol. The molecule has 0 spiro atoms. The van der Waals surface area contributed by atoms with Crippen molar-refractivity contribution in [1.29, 1.82) is 0 Å². The Labute approximate surface area is 303 Å². The van der Waals surface area contributed by atoms with Gasteiger partial charge in [-0.2, -0.15) is 0 Å². The van der Waals surface area contributed by atoms with Gasteiger partial charge >= 0.3 is 6.09 Å². The zero-order chi connectivity index (χ0) is 37.3. The number of halogens is 2. The lowest BCUT2D eigenvalue weighted by Gasteiger charge is -2.33. The van der Waals surface area contributed by atoms with Crippen LogP contribution in [0.15, 0.2) is 24.5 Å². The number of alkyl carbamates (subject to hydrolysis) is 1. The molecule has 0 aliphatic carbocycles. The maximum Gasteiger partial charge on any atom is 0.407 e. The van der Waals surface area contributed by atoms with E-state index in [9.17, 15) is 14.4 Å². The van der Waals surface area contributed by atoms with E-state index < -0.39 is 29.8 Å². The summed E-state index contributed by atoms with van der Waals surface area (Å²) in [4.78, 5) is 59.5. The first-order valence-corrected chi connectivity index (χ1v) is 18.4. The van der Waals surface area contributed by atoms with Gasteiger partial charge in [0.25, 0.3) is 0 Å². The minimum absolute atomic E-state index is 0.0461. The Balaban J connectivity index is 1.10. The molecule has 3 saturated heterocycles. The summed E-state index contributed by atoms with van der Waals surface area (Å²) in [6.07, 6.45) is 7.16. The zero-order valence-electron chi connectivity index (χ0n) is 30.6. The fourth-order valence-electron chi connectivity index (χ4n) is 7.80. The van der Waals surface area contributed by atoms with E-state index in [0.717, 1.165) is 30.8 Å². The average molecular weight is 724 g/mol. The molecule has 3 fully saturated rings. The van der Waals surface area contributed by atoms with Gasteiger partial charge in [-0.1, -0.05) is 27.7 Å². The molecule has 3 amide bonds. The number of likely N-dealkylation sites (tertiary alicyclic amines) is 2. The van der Waals surface area contributed by atoms with Crippen molar-refractivity contribution >= 4 is 23.6 Å². The lowest BCUT2D eigenvalue weighted by Crippen LogP contribution is -2.51. The van der Waals surface area contributed by atoms with E-state index >= 15 is 8.78 Å².